The summed E-state index contributed by atoms with van der Waals surface area (Å²) in [6.07, 6.45) is 21.7. The van der Waals surface area contributed by atoms with Gasteiger partial charge in [0, 0.05) is 21.3 Å². The van der Waals surface area contributed by atoms with Crippen molar-refractivity contribution in [1.29, 1.82) is 0 Å². The Kier molecular flexibility index (Phi) is 8.05. The Morgan fingerprint density at radius 2 is 0.926 bits per heavy atom. The number of hydrogen-bond acceptors (Lipinski definition) is 3. The monoisotopic (exact) mass is 380 g/mol. The molecular weight excluding hydrogens is 336 g/mol. The average Bonchev–Trinajstić information content (AvgIpc) is 2.76. The second-order valence-electron chi connectivity index (χ2n) is 9.59. The van der Waals surface area contributed by atoms with Gasteiger partial charge in [-0.25, -0.2) is 0 Å². The van der Waals surface area contributed by atoms with Crippen LogP contribution in [0.25, 0.3) is 0 Å². The third-order valence-electron chi connectivity index (χ3n) is 8.39. The summed E-state index contributed by atoms with van der Waals surface area (Å²) in [6.45, 7) is 0. The van der Waals surface area contributed by atoms with E-state index in [2.05, 4.69) is 0 Å². The molecule has 0 spiro atoms. The molecule has 0 bridgehead atoms. The lowest BCUT2D eigenvalue weighted by Crippen LogP contribution is -2.61. The first-order valence-corrected chi connectivity index (χ1v) is 11.9. The van der Waals surface area contributed by atoms with Gasteiger partial charge in [0.2, 0.25) is 0 Å². The van der Waals surface area contributed by atoms with Crippen molar-refractivity contribution in [2.75, 3.05) is 21.3 Å². The van der Waals surface area contributed by atoms with Crippen LogP contribution in [0.3, 0.4) is 0 Å². The highest BCUT2D eigenvalue weighted by Crippen LogP contribution is 2.60. The molecule has 3 nitrogen and oxygen atoms in total. The van der Waals surface area contributed by atoms with Gasteiger partial charge in [-0.1, -0.05) is 70.6 Å². The predicted molar refractivity (Wildman–Crippen MR) is 111 cm³/mol. The Morgan fingerprint density at radius 3 is 1.30 bits per heavy atom. The van der Waals surface area contributed by atoms with E-state index in [1.54, 1.807) is 0 Å². The van der Waals surface area contributed by atoms with E-state index >= 15 is 0 Å². The maximum Gasteiger partial charge on any atom is 0.288 e. The molecule has 3 fully saturated rings. The molecule has 3 aliphatic rings. The quantitative estimate of drug-likeness (QED) is 0.439. The van der Waals surface area contributed by atoms with E-state index in [1.807, 2.05) is 21.3 Å². The third-order valence-corrected chi connectivity index (χ3v) is 8.39. The Bertz CT molecular complexity index is 387. The van der Waals surface area contributed by atoms with Crippen LogP contribution in [0.4, 0.5) is 0 Å². The van der Waals surface area contributed by atoms with Crippen molar-refractivity contribution in [1.82, 2.24) is 0 Å². The molecule has 0 radical (unpaired) electrons. The smallest absolute Gasteiger partial charge is 0.288 e. The number of methoxy groups -OCH3 is 3. The van der Waals surface area contributed by atoms with E-state index in [0.717, 1.165) is 5.92 Å². The SMILES string of the molecule is COC(OC)(OC)C(CC1CCCCC1)(C1CCCCC1)C1CCCCC1. The van der Waals surface area contributed by atoms with Crippen molar-refractivity contribution < 1.29 is 14.2 Å². The van der Waals surface area contributed by atoms with Crippen LogP contribution in [0.2, 0.25) is 0 Å². The van der Waals surface area contributed by atoms with Gasteiger partial charge in [-0.15, -0.1) is 0 Å². The van der Waals surface area contributed by atoms with Crippen molar-refractivity contribution in [3.63, 3.8) is 0 Å². The van der Waals surface area contributed by atoms with Gasteiger partial charge in [0.1, 0.15) is 0 Å². The normalized spacial score (nSPS) is 25.0. The van der Waals surface area contributed by atoms with Crippen molar-refractivity contribution in [3.05, 3.63) is 0 Å². The van der Waals surface area contributed by atoms with Crippen LogP contribution in [0.15, 0.2) is 0 Å². The lowest BCUT2D eigenvalue weighted by molar-refractivity contribution is -0.431. The number of ether oxygens (including phenoxy) is 3. The third kappa shape index (κ3) is 4.26. The van der Waals surface area contributed by atoms with Crippen LogP contribution >= 0.6 is 0 Å². The molecule has 0 aromatic heterocycles. The Labute approximate surface area is 167 Å². The number of hydrogen-bond donors (Lipinski definition) is 0. The zero-order valence-corrected chi connectivity index (χ0v) is 18.3. The molecule has 3 saturated carbocycles. The summed E-state index contributed by atoms with van der Waals surface area (Å²) in [5.74, 6) is 1.24. The maximum absolute atomic E-state index is 6.21. The molecule has 27 heavy (non-hydrogen) atoms. The fourth-order valence-electron chi connectivity index (χ4n) is 7.22. The average molecular weight is 381 g/mol. The minimum absolute atomic E-state index is 0.00586. The lowest BCUT2D eigenvalue weighted by Gasteiger charge is -2.58. The van der Waals surface area contributed by atoms with E-state index < -0.39 is 5.97 Å². The maximum atomic E-state index is 6.21. The summed E-state index contributed by atoms with van der Waals surface area (Å²) in [7, 11) is 5.44. The predicted octanol–water partition coefficient (Wildman–Crippen LogP) is 6.70. The van der Waals surface area contributed by atoms with Crippen LogP contribution in [-0.4, -0.2) is 27.3 Å². The van der Waals surface area contributed by atoms with Crippen LogP contribution in [0.1, 0.15) is 103 Å². The van der Waals surface area contributed by atoms with Gasteiger partial charge in [0.25, 0.3) is 5.97 Å². The molecule has 0 heterocycles. The van der Waals surface area contributed by atoms with E-state index in [-0.39, 0.29) is 5.41 Å². The van der Waals surface area contributed by atoms with Crippen LogP contribution < -0.4 is 0 Å². The van der Waals surface area contributed by atoms with Gasteiger partial charge in [-0.05, 0) is 49.9 Å². The highest BCUT2D eigenvalue weighted by Gasteiger charge is 2.62. The summed E-state index contributed by atoms with van der Waals surface area (Å²) >= 11 is 0. The second-order valence-corrected chi connectivity index (χ2v) is 9.59. The molecule has 0 N–H and O–H groups in total. The van der Waals surface area contributed by atoms with Crippen molar-refractivity contribution in [2.24, 2.45) is 23.2 Å². The molecular formula is C24H44O3. The first kappa shape index (κ1) is 21.6. The molecule has 3 aliphatic carbocycles. The second kappa shape index (κ2) is 10.1. The lowest BCUT2D eigenvalue weighted by atomic mass is 9.53. The minimum atomic E-state index is -0.894. The van der Waals surface area contributed by atoms with Gasteiger partial charge in [-0.2, -0.15) is 0 Å². The zero-order valence-electron chi connectivity index (χ0n) is 18.3. The Hall–Kier alpha value is -0.120. The zero-order chi connectivity index (χ0) is 19.2. The van der Waals surface area contributed by atoms with Gasteiger partial charge in [0.05, 0.1) is 5.41 Å². The molecule has 0 aromatic rings. The molecule has 158 valence electrons. The fraction of sp³-hybridized carbons (Fsp3) is 1.00. The van der Waals surface area contributed by atoms with Crippen molar-refractivity contribution >= 4 is 0 Å². The molecule has 0 atom stereocenters. The summed E-state index contributed by atoms with van der Waals surface area (Å²) in [5.41, 5.74) is -0.00586. The van der Waals surface area contributed by atoms with Crippen molar-refractivity contribution in [2.45, 2.75) is 109 Å². The molecule has 3 heteroatoms. The van der Waals surface area contributed by atoms with Gasteiger partial charge in [0.15, 0.2) is 0 Å². The van der Waals surface area contributed by atoms with E-state index in [9.17, 15) is 0 Å². The topological polar surface area (TPSA) is 27.7 Å². The fourth-order valence-corrected chi connectivity index (χ4v) is 7.22. The minimum Gasteiger partial charge on any atom is -0.330 e. The summed E-state index contributed by atoms with van der Waals surface area (Å²) in [5, 5.41) is 0. The van der Waals surface area contributed by atoms with E-state index in [0.29, 0.717) is 11.8 Å². The van der Waals surface area contributed by atoms with Gasteiger partial charge < -0.3 is 14.2 Å². The molecule has 0 aliphatic heterocycles. The largest absolute Gasteiger partial charge is 0.330 e. The molecule has 3 rings (SSSR count). The summed E-state index contributed by atoms with van der Waals surface area (Å²) in [6, 6.07) is 0. The molecule has 0 unspecified atom stereocenters. The first-order valence-electron chi connectivity index (χ1n) is 11.9. The molecule has 0 amide bonds. The standard InChI is InChI=1S/C24H44O3/c1-25-24(26-2,27-3)23(21-15-9-5-10-16-21,22-17-11-6-12-18-22)19-20-13-7-4-8-14-20/h20-22H,4-19H2,1-3H3. The highest BCUT2D eigenvalue weighted by atomic mass is 16.9. The summed E-state index contributed by atoms with van der Waals surface area (Å²) < 4.78 is 18.6. The van der Waals surface area contributed by atoms with Crippen LogP contribution in [0.5, 0.6) is 0 Å². The van der Waals surface area contributed by atoms with Gasteiger partial charge >= 0.3 is 0 Å². The van der Waals surface area contributed by atoms with E-state index in [1.165, 1.54) is 103 Å². The van der Waals surface area contributed by atoms with Crippen molar-refractivity contribution in [3.8, 4) is 0 Å². The Balaban J connectivity index is 2.03. The molecule has 0 saturated heterocycles. The first-order chi connectivity index (χ1) is 13.2. The molecule has 0 aromatic carbocycles. The van der Waals surface area contributed by atoms with Crippen LogP contribution in [-0.2, 0) is 14.2 Å². The van der Waals surface area contributed by atoms with E-state index in [4.69, 9.17) is 14.2 Å². The van der Waals surface area contributed by atoms with Crippen LogP contribution in [0, 0.1) is 23.2 Å². The Morgan fingerprint density at radius 1 is 0.556 bits per heavy atom. The van der Waals surface area contributed by atoms with Gasteiger partial charge in [-0.3, -0.25) is 0 Å². The number of rotatable bonds is 8. The highest BCUT2D eigenvalue weighted by molar-refractivity contribution is 5.02. The summed E-state index contributed by atoms with van der Waals surface area (Å²) in [4.78, 5) is 0.